The topological polar surface area (TPSA) is 91.4 Å². The number of para-hydroxylation sites is 1. The van der Waals surface area contributed by atoms with E-state index in [-0.39, 0.29) is 18.5 Å². The van der Waals surface area contributed by atoms with E-state index < -0.39 is 0 Å². The molecule has 0 fully saturated rings. The summed E-state index contributed by atoms with van der Waals surface area (Å²) in [6, 6.07) is 19.1. The zero-order valence-corrected chi connectivity index (χ0v) is 17.2. The van der Waals surface area contributed by atoms with Gasteiger partial charge in [-0.1, -0.05) is 30.0 Å². The zero-order chi connectivity index (χ0) is 21.0. The van der Waals surface area contributed by atoms with Gasteiger partial charge in [-0.05, 0) is 42.5 Å². The number of thioether (sulfide) groups is 1. The van der Waals surface area contributed by atoms with Crippen LogP contribution < -0.4 is 14.8 Å². The molecule has 156 valence electrons. The molecule has 0 atom stereocenters. The Hall–Kier alpha value is -3.72. The highest BCUT2D eigenvalue weighted by Gasteiger charge is 2.20. The van der Waals surface area contributed by atoms with Crippen LogP contribution in [0.25, 0.3) is 17.1 Å². The minimum Gasteiger partial charge on any atom is -0.467 e. The Morgan fingerprint density at radius 3 is 2.74 bits per heavy atom. The van der Waals surface area contributed by atoms with Gasteiger partial charge in [-0.25, -0.2) is 0 Å². The molecule has 0 saturated carbocycles. The van der Waals surface area contributed by atoms with Crippen molar-refractivity contribution in [1.82, 2.24) is 20.1 Å². The van der Waals surface area contributed by atoms with Crippen LogP contribution in [0.5, 0.6) is 11.5 Å². The van der Waals surface area contributed by atoms with E-state index in [9.17, 15) is 4.79 Å². The van der Waals surface area contributed by atoms with Crippen molar-refractivity contribution in [2.45, 2.75) is 11.7 Å². The molecule has 31 heavy (non-hydrogen) atoms. The van der Waals surface area contributed by atoms with Crippen molar-refractivity contribution in [1.29, 1.82) is 0 Å². The molecule has 9 heteroatoms. The fraction of sp³-hybridized carbons (Fsp3) is 0.136. The molecule has 0 spiro atoms. The molecule has 1 aliphatic heterocycles. The van der Waals surface area contributed by atoms with Gasteiger partial charge >= 0.3 is 0 Å². The summed E-state index contributed by atoms with van der Waals surface area (Å²) in [5.74, 6) is 2.82. The number of benzene rings is 2. The smallest absolute Gasteiger partial charge is 0.231 e. The van der Waals surface area contributed by atoms with Crippen LogP contribution >= 0.6 is 11.8 Å². The summed E-state index contributed by atoms with van der Waals surface area (Å²) in [4.78, 5) is 12.3. The number of amides is 1. The van der Waals surface area contributed by atoms with E-state index in [4.69, 9.17) is 13.9 Å². The molecule has 0 saturated heterocycles. The lowest BCUT2D eigenvalue weighted by atomic mass is 10.2. The molecule has 1 amide bonds. The number of carbonyl (C=O) groups is 1. The number of fused-ring (bicyclic) bond motifs is 1. The summed E-state index contributed by atoms with van der Waals surface area (Å²) in [6.07, 6.45) is 1.58. The maximum Gasteiger partial charge on any atom is 0.231 e. The average molecular weight is 434 g/mol. The van der Waals surface area contributed by atoms with Gasteiger partial charge in [0.2, 0.25) is 12.7 Å². The highest BCUT2D eigenvalue weighted by molar-refractivity contribution is 7.99. The average Bonchev–Trinajstić information content (AvgIpc) is 3.57. The number of furan rings is 1. The number of nitrogens with one attached hydrogen (secondary N) is 1. The van der Waals surface area contributed by atoms with Crippen molar-refractivity contribution >= 4 is 17.7 Å². The van der Waals surface area contributed by atoms with Gasteiger partial charge < -0.3 is 19.2 Å². The van der Waals surface area contributed by atoms with Crippen molar-refractivity contribution in [3.05, 3.63) is 72.7 Å². The molecule has 0 aliphatic carbocycles. The fourth-order valence-electron chi connectivity index (χ4n) is 3.18. The SMILES string of the molecule is O=C(CSc1nnc(-c2ccc3c(c2)OCO3)n1-c1ccccc1)NCc1ccco1. The standard InChI is InChI=1S/C22H18N4O4S/c27-20(23-12-17-7-4-10-28-17)13-31-22-25-24-21(26(22)16-5-2-1-3-6-16)15-8-9-18-19(11-15)30-14-29-18/h1-11H,12-14H2,(H,23,27). The summed E-state index contributed by atoms with van der Waals surface area (Å²) in [7, 11) is 0. The van der Waals surface area contributed by atoms with Gasteiger partial charge in [-0.3, -0.25) is 9.36 Å². The quantitative estimate of drug-likeness (QED) is 0.444. The third kappa shape index (κ3) is 4.13. The Labute approximate surface area is 182 Å². The molecule has 4 aromatic rings. The molecule has 0 unspecified atom stereocenters. The van der Waals surface area contributed by atoms with Gasteiger partial charge in [-0.2, -0.15) is 0 Å². The van der Waals surface area contributed by atoms with Crippen LogP contribution in [0.4, 0.5) is 0 Å². The second kappa shape index (κ2) is 8.57. The normalized spacial score (nSPS) is 12.1. The Bertz CT molecular complexity index is 1190. The number of nitrogens with zero attached hydrogens (tertiary/aromatic N) is 3. The van der Waals surface area contributed by atoms with Crippen molar-refractivity contribution in [3.8, 4) is 28.6 Å². The van der Waals surface area contributed by atoms with Crippen molar-refractivity contribution in [2.24, 2.45) is 0 Å². The number of carbonyl (C=O) groups excluding carboxylic acids is 1. The molecular weight excluding hydrogens is 416 g/mol. The lowest BCUT2D eigenvalue weighted by molar-refractivity contribution is -0.118. The first-order valence-corrected chi connectivity index (χ1v) is 10.6. The summed E-state index contributed by atoms with van der Waals surface area (Å²) in [5, 5.41) is 12.2. The molecular formula is C22H18N4O4S. The lowest BCUT2D eigenvalue weighted by Gasteiger charge is -2.10. The van der Waals surface area contributed by atoms with Gasteiger partial charge in [0.15, 0.2) is 22.5 Å². The molecule has 1 N–H and O–H groups in total. The summed E-state index contributed by atoms with van der Waals surface area (Å²) >= 11 is 1.32. The number of rotatable bonds is 7. The number of aromatic nitrogens is 3. The van der Waals surface area contributed by atoms with Crippen LogP contribution in [-0.4, -0.2) is 33.2 Å². The largest absolute Gasteiger partial charge is 0.467 e. The van der Waals surface area contributed by atoms with Gasteiger partial charge in [0.1, 0.15) is 5.76 Å². The van der Waals surface area contributed by atoms with Crippen LogP contribution in [0.15, 0.2) is 76.5 Å². The monoisotopic (exact) mass is 434 g/mol. The van der Waals surface area contributed by atoms with Crippen LogP contribution in [0.2, 0.25) is 0 Å². The summed E-state index contributed by atoms with van der Waals surface area (Å²) < 4.78 is 18.1. The maximum absolute atomic E-state index is 12.3. The first-order chi connectivity index (χ1) is 15.3. The minimum atomic E-state index is -0.117. The highest BCUT2D eigenvalue weighted by Crippen LogP contribution is 2.37. The van der Waals surface area contributed by atoms with E-state index in [1.54, 1.807) is 12.3 Å². The first kappa shape index (κ1) is 19.3. The Balaban J connectivity index is 1.39. The van der Waals surface area contributed by atoms with E-state index in [1.165, 1.54) is 11.8 Å². The van der Waals surface area contributed by atoms with Crippen LogP contribution in [-0.2, 0) is 11.3 Å². The molecule has 1 aliphatic rings. The Morgan fingerprint density at radius 1 is 1.03 bits per heavy atom. The summed E-state index contributed by atoms with van der Waals surface area (Å²) in [6.45, 7) is 0.554. The van der Waals surface area contributed by atoms with Crippen molar-refractivity contribution < 1.29 is 18.7 Å². The maximum atomic E-state index is 12.3. The number of hydrogen-bond donors (Lipinski definition) is 1. The lowest BCUT2D eigenvalue weighted by Crippen LogP contribution is -2.24. The van der Waals surface area contributed by atoms with Gasteiger partial charge in [0.05, 0.1) is 18.6 Å². The van der Waals surface area contributed by atoms with Gasteiger partial charge in [-0.15, -0.1) is 10.2 Å². The van der Waals surface area contributed by atoms with Crippen LogP contribution in [0, 0.1) is 0 Å². The number of hydrogen-bond acceptors (Lipinski definition) is 7. The molecule has 2 aromatic carbocycles. The van der Waals surface area contributed by atoms with Crippen LogP contribution in [0.3, 0.4) is 0 Å². The molecule has 0 radical (unpaired) electrons. The second-order valence-corrected chi connectivity index (χ2v) is 7.63. The fourth-order valence-corrected chi connectivity index (χ4v) is 3.96. The Morgan fingerprint density at radius 2 is 1.90 bits per heavy atom. The van der Waals surface area contributed by atoms with Gasteiger partial charge in [0.25, 0.3) is 0 Å². The molecule has 0 bridgehead atoms. The summed E-state index contributed by atoms with van der Waals surface area (Å²) in [5.41, 5.74) is 1.74. The third-order valence-corrected chi connectivity index (χ3v) is 5.58. The number of ether oxygens (including phenoxy) is 2. The second-order valence-electron chi connectivity index (χ2n) is 6.69. The molecule has 2 aromatic heterocycles. The minimum absolute atomic E-state index is 0.117. The molecule has 5 rings (SSSR count). The predicted octanol–water partition coefficient (Wildman–Crippen LogP) is 3.66. The van der Waals surface area contributed by atoms with Crippen molar-refractivity contribution in [3.63, 3.8) is 0 Å². The van der Waals surface area contributed by atoms with E-state index in [1.807, 2.05) is 59.2 Å². The van der Waals surface area contributed by atoms with E-state index in [0.717, 1.165) is 11.3 Å². The zero-order valence-electron chi connectivity index (χ0n) is 16.4. The predicted molar refractivity (Wildman–Crippen MR) is 114 cm³/mol. The highest BCUT2D eigenvalue weighted by atomic mass is 32.2. The van der Waals surface area contributed by atoms with Gasteiger partial charge in [0, 0.05) is 11.3 Å². The van der Waals surface area contributed by atoms with Crippen LogP contribution in [0.1, 0.15) is 5.76 Å². The van der Waals surface area contributed by atoms with Crippen molar-refractivity contribution in [2.75, 3.05) is 12.5 Å². The van der Waals surface area contributed by atoms with E-state index >= 15 is 0 Å². The first-order valence-electron chi connectivity index (χ1n) is 9.61. The Kier molecular flexibility index (Phi) is 5.32. The van der Waals surface area contributed by atoms with E-state index in [2.05, 4.69) is 15.5 Å². The van der Waals surface area contributed by atoms with E-state index in [0.29, 0.717) is 34.8 Å². The molecule has 3 heterocycles. The molecule has 8 nitrogen and oxygen atoms in total. The third-order valence-electron chi connectivity index (χ3n) is 4.65.